The minimum Gasteiger partial charge on any atom is -0.356 e. The first kappa shape index (κ1) is 12.5. The van der Waals surface area contributed by atoms with Crippen LogP contribution in [0, 0.1) is 11.8 Å². The summed E-state index contributed by atoms with van der Waals surface area (Å²) in [6, 6.07) is 8.18. The van der Waals surface area contributed by atoms with E-state index < -0.39 is 0 Å². The fourth-order valence-corrected chi connectivity index (χ4v) is 3.12. The number of H-pyrrole nitrogens is 1. The Morgan fingerprint density at radius 1 is 1.16 bits per heavy atom. The van der Waals surface area contributed by atoms with Crippen molar-refractivity contribution in [1.29, 1.82) is 0 Å². The zero-order valence-corrected chi connectivity index (χ0v) is 11.7. The molecule has 0 amide bonds. The first-order chi connectivity index (χ1) is 9.35. The number of hydrogen-bond donors (Lipinski definition) is 2. The summed E-state index contributed by atoms with van der Waals surface area (Å²) in [5.41, 5.74) is 2.15. The number of aromatic nitrogens is 2. The van der Waals surface area contributed by atoms with Crippen LogP contribution in [-0.4, -0.2) is 16.5 Å². The maximum absolute atomic E-state index is 4.56. The molecule has 1 aromatic carbocycles. The van der Waals surface area contributed by atoms with Crippen molar-refractivity contribution < 1.29 is 0 Å². The number of rotatable bonds is 4. The standard InChI is InChI=1S/C16H23N3/c1-2-12-7-9-13(10-8-12)11-17-16-18-14-5-3-4-6-15(14)19-16/h3-6,12-13H,2,7-11H2,1H3,(H2,17,18,19). The molecule has 0 bridgehead atoms. The van der Waals surface area contributed by atoms with Gasteiger partial charge in [-0.25, -0.2) is 4.98 Å². The highest BCUT2D eigenvalue weighted by Crippen LogP contribution is 2.30. The van der Waals surface area contributed by atoms with E-state index in [0.29, 0.717) is 0 Å². The van der Waals surface area contributed by atoms with Gasteiger partial charge in [0.1, 0.15) is 0 Å². The van der Waals surface area contributed by atoms with Gasteiger partial charge in [-0.2, -0.15) is 0 Å². The van der Waals surface area contributed by atoms with Crippen LogP contribution >= 0.6 is 0 Å². The van der Waals surface area contributed by atoms with Crippen molar-refractivity contribution in [2.45, 2.75) is 39.0 Å². The summed E-state index contributed by atoms with van der Waals surface area (Å²) in [6.45, 7) is 3.37. The SMILES string of the molecule is CCC1CCC(CNc2nc3ccccc3[nH]2)CC1. The van der Waals surface area contributed by atoms with Crippen LogP contribution in [0.4, 0.5) is 5.95 Å². The minimum absolute atomic E-state index is 0.816. The number of aromatic amines is 1. The largest absolute Gasteiger partial charge is 0.356 e. The van der Waals surface area contributed by atoms with E-state index in [0.717, 1.165) is 35.4 Å². The summed E-state index contributed by atoms with van der Waals surface area (Å²) < 4.78 is 0. The molecule has 19 heavy (non-hydrogen) atoms. The van der Waals surface area contributed by atoms with Crippen LogP contribution in [0.2, 0.25) is 0 Å². The fourth-order valence-electron chi connectivity index (χ4n) is 3.12. The van der Waals surface area contributed by atoms with Gasteiger partial charge in [0.05, 0.1) is 11.0 Å². The van der Waals surface area contributed by atoms with Gasteiger partial charge in [-0.05, 0) is 36.8 Å². The van der Waals surface area contributed by atoms with Gasteiger partial charge in [0.25, 0.3) is 0 Å². The van der Waals surface area contributed by atoms with Crippen LogP contribution in [0.3, 0.4) is 0 Å². The van der Waals surface area contributed by atoms with E-state index in [1.165, 1.54) is 32.1 Å². The predicted molar refractivity (Wildman–Crippen MR) is 80.3 cm³/mol. The molecule has 3 nitrogen and oxygen atoms in total. The minimum atomic E-state index is 0.816. The van der Waals surface area contributed by atoms with Crippen LogP contribution in [0.25, 0.3) is 11.0 Å². The molecular formula is C16H23N3. The lowest BCUT2D eigenvalue weighted by molar-refractivity contribution is 0.278. The molecule has 0 aliphatic heterocycles. The third kappa shape index (κ3) is 2.91. The number of fused-ring (bicyclic) bond motifs is 1. The van der Waals surface area contributed by atoms with Crippen molar-refractivity contribution in [2.75, 3.05) is 11.9 Å². The second-order valence-corrected chi connectivity index (χ2v) is 5.78. The maximum Gasteiger partial charge on any atom is 0.201 e. The number of imidazole rings is 1. The fraction of sp³-hybridized carbons (Fsp3) is 0.562. The van der Waals surface area contributed by atoms with Crippen LogP contribution in [0.5, 0.6) is 0 Å². The number of nitrogens with zero attached hydrogens (tertiary/aromatic N) is 1. The molecule has 2 aromatic rings. The molecule has 0 unspecified atom stereocenters. The predicted octanol–water partition coefficient (Wildman–Crippen LogP) is 4.19. The molecule has 102 valence electrons. The Bertz CT molecular complexity index is 491. The van der Waals surface area contributed by atoms with Gasteiger partial charge < -0.3 is 10.3 Å². The van der Waals surface area contributed by atoms with Gasteiger partial charge in [-0.15, -0.1) is 0 Å². The van der Waals surface area contributed by atoms with Crippen molar-refractivity contribution >= 4 is 17.0 Å². The Kier molecular flexibility index (Phi) is 3.72. The van der Waals surface area contributed by atoms with E-state index in [2.05, 4.69) is 28.3 Å². The zero-order chi connectivity index (χ0) is 13.1. The summed E-state index contributed by atoms with van der Waals surface area (Å²) in [7, 11) is 0. The van der Waals surface area contributed by atoms with E-state index in [-0.39, 0.29) is 0 Å². The lowest BCUT2D eigenvalue weighted by Gasteiger charge is -2.27. The van der Waals surface area contributed by atoms with Crippen molar-refractivity contribution in [3.8, 4) is 0 Å². The lowest BCUT2D eigenvalue weighted by atomic mass is 9.81. The van der Waals surface area contributed by atoms with E-state index in [1.54, 1.807) is 0 Å². The van der Waals surface area contributed by atoms with E-state index >= 15 is 0 Å². The van der Waals surface area contributed by atoms with Gasteiger partial charge >= 0.3 is 0 Å². The smallest absolute Gasteiger partial charge is 0.201 e. The number of nitrogens with one attached hydrogen (secondary N) is 2. The molecule has 1 heterocycles. The first-order valence-corrected chi connectivity index (χ1v) is 7.53. The average Bonchev–Trinajstić information content (AvgIpc) is 2.88. The summed E-state index contributed by atoms with van der Waals surface area (Å²) >= 11 is 0. The molecule has 1 aromatic heterocycles. The monoisotopic (exact) mass is 257 g/mol. The molecule has 1 aliphatic rings. The first-order valence-electron chi connectivity index (χ1n) is 7.53. The summed E-state index contributed by atoms with van der Waals surface area (Å²) in [4.78, 5) is 7.89. The normalized spacial score (nSPS) is 23.6. The van der Waals surface area contributed by atoms with E-state index in [1.807, 2.05) is 18.2 Å². The summed E-state index contributed by atoms with van der Waals surface area (Å²) in [5, 5.41) is 3.47. The van der Waals surface area contributed by atoms with Crippen molar-refractivity contribution in [2.24, 2.45) is 11.8 Å². The summed E-state index contributed by atoms with van der Waals surface area (Å²) in [6.07, 6.45) is 6.90. The molecule has 0 atom stereocenters. The Morgan fingerprint density at radius 2 is 1.89 bits per heavy atom. The second-order valence-electron chi connectivity index (χ2n) is 5.78. The molecular weight excluding hydrogens is 234 g/mol. The van der Waals surface area contributed by atoms with Gasteiger partial charge in [0.15, 0.2) is 0 Å². The third-order valence-corrected chi connectivity index (χ3v) is 4.49. The van der Waals surface area contributed by atoms with Crippen LogP contribution in [0.1, 0.15) is 39.0 Å². The Morgan fingerprint density at radius 3 is 2.63 bits per heavy atom. The molecule has 1 fully saturated rings. The number of hydrogen-bond acceptors (Lipinski definition) is 2. The molecule has 0 spiro atoms. The van der Waals surface area contributed by atoms with Crippen LogP contribution in [-0.2, 0) is 0 Å². The molecule has 0 saturated heterocycles. The van der Waals surface area contributed by atoms with Crippen LogP contribution in [0.15, 0.2) is 24.3 Å². The van der Waals surface area contributed by atoms with Crippen molar-refractivity contribution in [3.63, 3.8) is 0 Å². The highest BCUT2D eigenvalue weighted by Gasteiger charge is 2.19. The molecule has 2 N–H and O–H groups in total. The topological polar surface area (TPSA) is 40.7 Å². The van der Waals surface area contributed by atoms with Crippen molar-refractivity contribution in [1.82, 2.24) is 9.97 Å². The Hall–Kier alpha value is -1.51. The highest BCUT2D eigenvalue weighted by atomic mass is 15.1. The number of para-hydroxylation sites is 2. The third-order valence-electron chi connectivity index (χ3n) is 4.49. The van der Waals surface area contributed by atoms with Gasteiger partial charge in [0, 0.05) is 6.54 Å². The quantitative estimate of drug-likeness (QED) is 0.862. The van der Waals surface area contributed by atoms with Crippen LogP contribution < -0.4 is 5.32 Å². The molecule has 3 rings (SSSR count). The summed E-state index contributed by atoms with van der Waals surface area (Å²) in [5.74, 6) is 2.71. The van der Waals surface area contributed by atoms with Gasteiger partial charge in [-0.1, -0.05) is 38.3 Å². The number of anilines is 1. The van der Waals surface area contributed by atoms with E-state index in [4.69, 9.17) is 0 Å². The van der Waals surface area contributed by atoms with Gasteiger partial charge in [-0.3, -0.25) is 0 Å². The molecule has 0 radical (unpaired) electrons. The Labute approximate surface area is 114 Å². The highest BCUT2D eigenvalue weighted by molar-refractivity contribution is 5.77. The lowest BCUT2D eigenvalue weighted by Crippen LogP contribution is -2.21. The van der Waals surface area contributed by atoms with E-state index in [9.17, 15) is 0 Å². The second kappa shape index (κ2) is 5.64. The van der Waals surface area contributed by atoms with Crippen molar-refractivity contribution in [3.05, 3.63) is 24.3 Å². The average molecular weight is 257 g/mol. The number of benzene rings is 1. The molecule has 1 saturated carbocycles. The van der Waals surface area contributed by atoms with Gasteiger partial charge in [0.2, 0.25) is 5.95 Å². The zero-order valence-electron chi connectivity index (χ0n) is 11.7. The maximum atomic E-state index is 4.56. The molecule has 3 heteroatoms. The molecule has 1 aliphatic carbocycles. The Balaban J connectivity index is 1.55.